The number of unbranched alkanes of at least 4 members (excludes halogenated alkanes) is 4. The van der Waals surface area contributed by atoms with Crippen molar-refractivity contribution in [2.45, 2.75) is 71.6 Å². The van der Waals surface area contributed by atoms with Gasteiger partial charge in [0.2, 0.25) is 0 Å². The Kier molecular flexibility index (Phi) is 11.3. The molecule has 33 heavy (non-hydrogen) atoms. The minimum atomic E-state index is -0.201. The van der Waals surface area contributed by atoms with Crippen molar-refractivity contribution in [2.75, 3.05) is 13.2 Å². The Morgan fingerprint density at radius 2 is 1.15 bits per heavy atom. The highest BCUT2D eigenvalue weighted by Gasteiger charge is 2.08. The monoisotopic (exact) mass is 456 g/mol. The zero-order chi connectivity index (χ0) is 24.1. The Hall–Kier alpha value is -3.02. The van der Waals surface area contributed by atoms with Crippen molar-refractivity contribution in [2.24, 2.45) is 0 Å². The van der Waals surface area contributed by atoms with Gasteiger partial charge in [-0.25, -0.2) is 0 Å². The van der Waals surface area contributed by atoms with Crippen LogP contribution in [0.25, 0.3) is 0 Å². The van der Waals surface area contributed by atoms with E-state index in [-0.39, 0.29) is 17.7 Å². The molecule has 180 valence electrons. The maximum atomic E-state index is 11.9. The molecule has 6 heteroatoms. The molecule has 0 aliphatic carbocycles. The number of hydrogen-bond acceptors (Lipinski definition) is 6. The van der Waals surface area contributed by atoms with Crippen molar-refractivity contribution in [1.29, 1.82) is 0 Å². The van der Waals surface area contributed by atoms with Gasteiger partial charge < -0.3 is 19.7 Å². The molecular formula is C27H36O6. The van der Waals surface area contributed by atoms with Crippen molar-refractivity contribution in [3.63, 3.8) is 0 Å². The number of aromatic hydroxyl groups is 2. The van der Waals surface area contributed by atoms with Gasteiger partial charge in [0.05, 0.1) is 13.2 Å². The van der Waals surface area contributed by atoms with Crippen LogP contribution in [0.3, 0.4) is 0 Å². The van der Waals surface area contributed by atoms with Gasteiger partial charge in [0.15, 0.2) is 0 Å². The molecule has 0 bridgehead atoms. The first kappa shape index (κ1) is 26.2. The van der Waals surface area contributed by atoms with Crippen molar-refractivity contribution in [3.8, 4) is 11.5 Å². The Balaban J connectivity index is 1.43. The van der Waals surface area contributed by atoms with Gasteiger partial charge in [0.25, 0.3) is 0 Å². The van der Waals surface area contributed by atoms with E-state index in [1.54, 1.807) is 24.3 Å². The minimum absolute atomic E-state index is 0.197. The topological polar surface area (TPSA) is 93.1 Å². The molecule has 0 heterocycles. The van der Waals surface area contributed by atoms with Gasteiger partial charge in [-0.2, -0.15) is 0 Å². The lowest BCUT2D eigenvalue weighted by Crippen LogP contribution is -2.08. The van der Waals surface area contributed by atoms with Gasteiger partial charge in [-0.1, -0.05) is 43.5 Å². The predicted octanol–water partition coefficient (Wildman–Crippen LogP) is 5.32. The molecule has 0 saturated heterocycles. The van der Waals surface area contributed by atoms with E-state index in [9.17, 15) is 19.8 Å². The Bertz CT molecular complexity index is 865. The number of phenols is 2. The second-order valence-electron chi connectivity index (χ2n) is 8.45. The van der Waals surface area contributed by atoms with E-state index in [1.807, 2.05) is 26.0 Å². The number of rotatable bonds is 14. The number of benzene rings is 2. The third kappa shape index (κ3) is 10.4. The molecule has 0 aliphatic heterocycles. The first-order valence-corrected chi connectivity index (χ1v) is 11.7. The summed E-state index contributed by atoms with van der Waals surface area (Å²) in [6, 6.07) is 10.6. The van der Waals surface area contributed by atoms with E-state index in [1.165, 1.54) is 0 Å². The van der Waals surface area contributed by atoms with Crippen LogP contribution in [0.5, 0.6) is 11.5 Å². The predicted molar refractivity (Wildman–Crippen MR) is 127 cm³/mol. The molecule has 0 fully saturated rings. The summed E-state index contributed by atoms with van der Waals surface area (Å²) in [6.45, 7) is 4.57. The molecule has 0 amide bonds. The second-order valence-corrected chi connectivity index (χ2v) is 8.45. The van der Waals surface area contributed by atoms with Crippen LogP contribution in [0.2, 0.25) is 0 Å². The number of esters is 2. The fourth-order valence-corrected chi connectivity index (χ4v) is 3.60. The van der Waals surface area contributed by atoms with Crippen LogP contribution in [-0.4, -0.2) is 35.4 Å². The molecule has 0 radical (unpaired) electrons. The maximum absolute atomic E-state index is 11.9. The fourth-order valence-electron chi connectivity index (χ4n) is 3.60. The first-order valence-electron chi connectivity index (χ1n) is 11.7. The van der Waals surface area contributed by atoms with Gasteiger partial charge in [0, 0.05) is 12.8 Å². The molecule has 0 unspecified atom stereocenters. The molecule has 2 aromatic rings. The van der Waals surface area contributed by atoms with E-state index in [0.717, 1.165) is 54.4 Å². The third-order valence-corrected chi connectivity index (χ3v) is 5.54. The number of aryl methyl sites for hydroxylation is 4. The minimum Gasteiger partial charge on any atom is -0.508 e. The zero-order valence-corrected chi connectivity index (χ0v) is 19.8. The van der Waals surface area contributed by atoms with E-state index in [4.69, 9.17) is 9.47 Å². The van der Waals surface area contributed by atoms with E-state index in [2.05, 4.69) is 0 Å². The summed E-state index contributed by atoms with van der Waals surface area (Å²) in [5.74, 6) is 0.130. The number of ether oxygens (including phenoxy) is 2. The summed E-state index contributed by atoms with van der Waals surface area (Å²) in [7, 11) is 0. The van der Waals surface area contributed by atoms with Crippen LogP contribution < -0.4 is 0 Å². The van der Waals surface area contributed by atoms with E-state index >= 15 is 0 Å². The molecule has 2 aromatic carbocycles. The average molecular weight is 457 g/mol. The van der Waals surface area contributed by atoms with E-state index in [0.29, 0.717) is 44.6 Å². The highest BCUT2D eigenvalue weighted by atomic mass is 16.5. The van der Waals surface area contributed by atoms with Crippen LogP contribution in [0.1, 0.15) is 67.2 Å². The summed E-state index contributed by atoms with van der Waals surface area (Å²) >= 11 is 0. The van der Waals surface area contributed by atoms with Gasteiger partial charge >= 0.3 is 11.9 Å². The number of hydrogen-bond donors (Lipinski definition) is 2. The van der Waals surface area contributed by atoms with Gasteiger partial charge in [0.1, 0.15) is 11.5 Å². The Morgan fingerprint density at radius 3 is 1.67 bits per heavy atom. The van der Waals surface area contributed by atoms with Gasteiger partial charge in [-0.05, 0) is 73.9 Å². The van der Waals surface area contributed by atoms with Gasteiger partial charge in [-0.15, -0.1) is 0 Å². The number of carbonyl (C=O) groups excluding carboxylic acids is 2. The first-order chi connectivity index (χ1) is 15.8. The normalized spacial score (nSPS) is 10.7. The lowest BCUT2D eigenvalue weighted by atomic mass is 10.0. The molecule has 0 aliphatic rings. The molecular weight excluding hydrogens is 420 g/mol. The summed E-state index contributed by atoms with van der Waals surface area (Å²) in [5, 5.41) is 19.1. The van der Waals surface area contributed by atoms with Crippen LogP contribution >= 0.6 is 0 Å². The Labute approximate surface area is 196 Å². The summed E-state index contributed by atoms with van der Waals surface area (Å²) in [4.78, 5) is 23.7. The highest BCUT2D eigenvalue weighted by molar-refractivity contribution is 5.70. The average Bonchev–Trinajstić information content (AvgIpc) is 2.79. The zero-order valence-electron chi connectivity index (χ0n) is 19.8. The Morgan fingerprint density at radius 1 is 0.697 bits per heavy atom. The lowest BCUT2D eigenvalue weighted by Gasteiger charge is -2.08. The molecule has 0 saturated carbocycles. The molecule has 2 N–H and O–H groups in total. The van der Waals surface area contributed by atoms with Crippen LogP contribution in [0.4, 0.5) is 0 Å². The van der Waals surface area contributed by atoms with Crippen molar-refractivity contribution in [3.05, 3.63) is 58.7 Å². The third-order valence-electron chi connectivity index (χ3n) is 5.54. The molecule has 0 aromatic heterocycles. The van der Waals surface area contributed by atoms with E-state index < -0.39 is 0 Å². The molecule has 0 atom stereocenters. The van der Waals surface area contributed by atoms with Crippen LogP contribution in [0.15, 0.2) is 36.4 Å². The maximum Gasteiger partial charge on any atom is 0.306 e. The smallest absolute Gasteiger partial charge is 0.306 e. The fraction of sp³-hybridized carbons (Fsp3) is 0.481. The second kappa shape index (κ2) is 14.2. The van der Waals surface area contributed by atoms with Crippen molar-refractivity contribution >= 4 is 11.9 Å². The quantitative estimate of drug-likeness (QED) is 0.295. The molecule has 6 nitrogen and oxygen atoms in total. The standard InChI is InChI=1S/C27H36O6/c1-20-18-23(19-21(2)27(20)31)11-15-26(30)33-17-7-5-3-4-6-16-32-25(29)14-10-22-8-12-24(28)13-9-22/h8-9,12-13,18-19,28,31H,3-7,10-11,14-17H2,1-2H3. The highest BCUT2D eigenvalue weighted by Crippen LogP contribution is 2.23. The largest absolute Gasteiger partial charge is 0.508 e. The summed E-state index contributed by atoms with van der Waals surface area (Å²) < 4.78 is 10.6. The summed E-state index contributed by atoms with van der Waals surface area (Å²) in [6.07, 6.45) is 6.49. The lowest BCUT2D eigenvalue weighted by molar-refractivity contribution is -0.144. The number of phenolic OH excluding ortho intramolecular Hbond substituents is 2. The van der Waals surface area contributed by atoms with Crippen molar-refractivity contribution in [1.82, 2.24) is 0 Å². The van der Waals surface area contributed by atoms with Gasteiger partial charge in [-0.3, -0.25) is 9.59 Å². The SMILES string of the molecule is Cc1cc(CCC(=O)OCCCCCCCOC(=O)CCc2ccc(O)cc2)cc(C)c1O. The summed E-state index contributed by atoms with van der Waals surface area (Å²) in [5.41, 5.74) is 3.67. The molecule has 0 spiro atoms. The van der Waals surface area contributed by atoms with Crippen LogP contribution in [-0.2, 0) is 31.9 Å². The van der Waals surface area contributed by atoms with Crippen molar-refractivity contribution < 1.29 is 29.3 Å². The number of carbonyl (C=O) groups is 2. The van der Waals surface area contributed by atoms with Crippen LogP contribution in [0, 0.1) is 13.8 Å². The molecule has 2 rings (SSSR count).